The van der Waals surface area contributed by atoms with Gasteiger partial charge in [0.2, 0.25) is 0 Å². The minimum Gasteiger partial charge on any atom is -0.381 e. The van der Waals surface area contributed by atoms with Crippen molar-refractivity contribution in [1.29, 1.82) is 0 Å². The molecule has 2 heterocycles. The average molecular weight is 241 g/mol. The molecule has 88 valence electrons. The second-order valence-corrected chi connectivity index (χ2v) is 4.38. The number of halogens is 1. The van der Waals surface area contributed by atoms with Crippen molar-refractivity contribution in [2.24, 2.45) is 0 Å². The topological polar surface area (TPSA) is 25.4 Å². The van der Waals surface area contributed by atoms with Crippen molar-refractivity contribution in [3.63, 3.8) is 0 Å². The number of pyridine rings is 1. The maximum Gasteiger partial charge on any atom is 0.128 e. The van der Waals surface area contributed by atoms with E-state index in [0.717, 1.165) is 37.4 Å². The molecule has 0 spiro atoms. The lowest BCUT2D eigenvalue weighted by Gasteiger charge is -2.32. The summed E-state index contributed by atoms with van der Waals surface area (Å²) in [5.74, 6) is 1.54. The molecule has 0 saturated carbocycles. The van der Waals surface area contributed by atoms with Crippen LogP contribution in [0.1, 0.15) is 18.4 Å². The van der Waals surface area contributed by atoms with Crippen LogP contribution in [-0.4, -0.2) is 31.3 Å². The number of anilines is 1. The lowest BCUT2D eigenvalue weighted by Crippen LogP contribution is -2.37. The van der Waals surface area contributed by atoms with E-state index in [0.29, 0.717) is 11.9 Å². The normalized spacial score (nSPS) is 17.4. The zero-order valence-corrected chi connectivity index (χ0v) is 10.3. The van der Waals surface area contributed by atoms with E-state index >= 15 is 0 Å². The molecule has 1 aromatic rings. The van der Waals surface area contributed by atoms with Crippen LogP contribution >= 0.6 is 11.6 Å². The van der Waals surface area contributed by atoms with Gasteiger partial charge in [-0.05, 0) is 30.5 Å². The Balaban J connectivity index is 2.09. The quantitative estimate of drug-likeness (QED) is 0.759. The van der Waals surface area contributed by atoms with Crippen LogP contribution in [0, 0.1) is 0 Å². The number of alkyl halides is 1. The van der Waals surface area contributed by atoms with Gasteiger partial charge >= 0.3 is 0 Å². The minimum absolute atomic E-state index is 0.534. The Hall–Kier alpha value is -0.800. The van der Waals surface area contributed by atoms with Gasteiger partial charge in [0.25, 0.3) is 0 Å². The van der Waals surface area contributed by atoms with E-state index < -0.39 is 0 Å². The highest BCUT2D eigenvalue weighted by molar-refractivity contribution is 6.17. The molecule has 0 bridgehead atoms. The summed E-state index contributed by atoms with van der Waals surface area (Å²) in [6.45, 7) is 1.70. The summed E-state index contributed by atoms with van der Waals surface area (Å²) in [7, 11) is 2.09. The largest absolute Gasteiger partial charge is 0.381 e. The fourth-order valence-corrected chi connectivity index (χ4v) is 2.16. The van der Waals surface area contributed by atoms with Gasteiger partial charge in [-0.2, -0.15) is 0 Å². The van der Waals surface area contributed by atoms with E-state index in [9.17, 15) is 0 Å². The number of aromatic nitrogens is 1. The van der Waals surface area contributed by atoms with E-state index in [1.54, 1.807) is 0 Å². The molecule has 16 heavy (non-hydrogen) atoms. The van der Waals surface area contributed by atoms with Crippen molar-refractivity contribution >= 4 is 17.4 Å². The lowest BCUT2D eigenvalue weighted by atomic mass is 10.1. The number of rotatable bonds is 3. The first-order chi connectivity index (χ1) is 7.81. The molecule has 0 aliphatic carbocycles. The third-order valence-electron chi connectivity index (χ3n) is 3.06. The monoisotopic (exact) mass is 240 g/mol. The molecule has 1 aliphatic heterocycles. The Morgan fingerprint density at radius 2 is 2.25 bits per heavy atom. The summed E-state index contributed by atoms with van der Waals surface area (Å²) in [5, 5.41) is 0. The molecule has 1 fully saturated rings. The van der Waals surface area contributed by atoms with Gasteiger partial charge in [-0.1, -0.05) is 0 Å². The number of ether oxygens (including phenoxy) is 1. The summed E-state index contributed by atoms with van der Waals surface area (Å²) in [6, 6.07) is 4.54. The van der Waals surface area contributed by atoms with Crippen molar-refractivity contribution in [3.05, 3.63) is 23.9 Å². The first-order valence-electron chi connectivity index (χ1n) is 5.62. The molecule has 0 N–H and O–H groups in total. The summed E-state index contributed by atoms with van der Waals surface area (Å²) in [6.07, 6.45) is 3.97. The first-order valence-corrected chi connectivity index (χ1v) is 6.16. The SMILES string of the molecule is CN(c1cc(CCl)ccn1)C1CCOCC1. The average Bonchev–Trinajstić information content (AvgIpc) is 2.39. The Labute approximate surface area is 101 Å². The predicted octanol–water partition coefficient (Wildman–Crippen LogP) is 2.44. The van der Waals surface area contributed by atoms with Crippen LogP contribution in [0.25, 0.3) is 0 Å². The van der Waals surface area contributed by atoms with Crippen LogP contribution in [-0.2, 0) is 10.6 Å². The van der Waals surface area contributed by atoms with E-state index in [2.05, 4.69) is 23.0 Å². The fourth-order valence-electron chi connectivity index (χ4n) is 2.00. The Kier molecular flexibility index (Phi) is 4.02. The van der Waals surface area contributed by atoms with Crippen molar-refractivity contribution in [2.75, 3.05) is 25.2 Å². The molecule has 1 aliphatic rings. The van der Waals surface area contributed by atoms with Crippen LogP contribution < -0.4 is 4.90 Å². The molecule has 0 radical (unpaired) electrons. The summed E-state index contributed by atoms with van der Waals surface area (Å²) < 4.78 is 5.36. The van der Waals surface area contributed by atoms with Crippen molar-refractivity contribution < 1.29 is 4.74 Å². The van der Waals surface area contributed by atoms with Gasteiger partial charge in [0.05, 0.1) is 0 Å². The minimum atomic E-state index is 0.534. The van der Waals surface area contributed by atoms with E-state index in [4.69, 9.17) is 16.3 Å². The van der Waals surface area contributed by atoms with Crippen LogP contribution in [0.2, 0.25) is 0 Å². The predicted molar refractivity (Wildman–Crippen MR) is 66.0 cm³/mol. The van der Waals surface area contributed by atoms with Gasteiger partial charge < -0.3 is 9.64 Å². The molecular weight excluding hydrogens is 224 g/mol. The van der Waals surface area contributed by atoms with Gasteiger partial charge in [0.15, 0.2) is 0 Å². The van der Waals surface area contributed by atoms with Crippen molar-refractivity contribution in [1.82, 2.24) is 4.98 Å². The summed E-state index contributed by atoms with van der Waals surface area (Å²) in [4.78, 5) is 6.62. The van der Waals surface area contributed by atoms with E-state index in [1.807, 2.05) is 12.3 Å². The molecule has 0 atom stereocenters. The third-order valence-corrected chi connectivity index (χ3v) is 3.37. The van der Waals surface area contributed by atoms with E-state index in [1.165, 1.54) is 0 Å². The molecule has 3 nitrogen and oxygen atoms in total. The molecular formula is C12H17ClN2O. The summed E-state index contributed by atoms with van der Waals surface area (Å²) in [5.41, 5.74) is 1.12. The number of hydrogen-bond acceptors (Lipinski definition) is 3. The Morgan fingerprint density at radius 3 is 2.94 bits per heavy atom. The molecule has 0 aromatic carbocycles. The van der Waals surface area contributed by atoms with Crippen LogP contribution in [0.15, 0.2) is 18.3 Å². The maximum absolute atomic E-state index is 5.82. The molecule has 2 rings (SSSR count). The maximum atomic E-state index is 5.82. The van der Waals surface area contributed by atoms with Crippen LogP contribution in [0.3, 0.4) is 0 Å². The van der Waals surface area contributed by atoms with Crippen molar-refractivity contribution in [3.8, 4) is 0 Å². The highest BCUT2D eigenvalue weighted by Crippen LogP contribution is 2.20. The molecule has 1 saturated heterocycles. The van der Waals surface area contributed by atoms with Gasteiger partial charge in [-0.25, -0.2) is 4.98 Å². The van der Waals surface area contributed by atoms with E-state index in [-0.39, 0.29) is 0 Å². The zero-order chi connectivity index (χ0) is 11.4. The number of nitrogens with zero attached hydrogens (tertiary/aromatic N) is 2. The molecule has 0 amide bonds. The van der Waals surface area contributed by atoms with Crippen LogP contribution in [0.5, 0.6) is 0 Å². The van der Waals surface area contributed by atoms with Crippen LogP contribution in [0.4, 0.5) is 5.82 Å². The van der Waals surface area contributed by atoms with Gasteiger partial charge in [0.1, 0.15) is 5.82 Å². The second-order valence-electron chi connectivity index (χ2n) is 4.11. The molecule has 1 aromatic heterocycles. The van der Waals surface area contributed by atoms with Gasteiger partial charge in [-0.3, -0.25) is 0 Å². The number of hydrogen-bond donors (Lipinski definition) is 0. The Bertz CT molecular complexity index is 340. The third kappa shape index (κ3) is 2.66. The second kappa shape index (κ2) is 5.51. The summed E-state index contributed by atoms with van der Waals surface area (Å²) >= 11 is 5.82. The molecule has 4 heteroatoms. The zero-order valence-electron chi connectivity index (χ0n) is 9.53. The Morgan fingerprint density at radius 1 is 1.50 bits per heavy atom. The lowest BCUT2D eigenvalue weighted by molar-refractivity contribution is 0.0853. The standard InChI is InChI=1S/C12H17ClN2O/c1-15(11-3-6-16-7-4-11)12-8-10(9-13)2-5-14-12/h2,5,8,11H,3-4,6-7,9H2,1H3. The van der Waals surface area contributed by atoms with Gasteiger partial charge in [-0.15, -0.1) is 11.6 Å². The first kappa shape index (κ1) is 11.7. The smallest absolute Gasteiger partial charge is 0.128 e. The fraction of sp³-hybridized carbons (Fsp3) is 0.583. The molecule has 0 unspecified atom stereocenters. The highest BCUT2D eigenvalue weighted by Gasteiger charge is 2.19. The van der Waals surface area contributed by atoms with Gasteiger partial charge in [0, 0.05) is 38.4 Å². The van der Waals surface area contributed by atoms with Crippen molar-refractivity contribution in [2.45, 2.75) is 24.8 Å². The highest BCUT2D eigenvalue weighted by atomic mass is 35.5.